The molecule has 3 N–H and O–H groups in total. The zero-order chi connectivity index (χ0) is 12.8. The normalized spacial score (nSPS) is 19.2. The van der Waals surface area contributed by atoms with E-state index in [0.717, 1.165) is 25.9 Å². The monoisotopic (exact) mass is 250 g/mol. The van der Waals surface area contributed by atoms with Crippen LogP contribution < -0.4 is 11.1 Å². The number of anilines is 2. The molecule has 1 aliphatic rings. The first kappa shape index (κ1) is 12.7. The molecular formula is C13H18N2O3. The minimum atomic E-state index is -0.477. The maximum absolute atomic E-state index is 11.5. The molecule has 1 heterocycles. The fourth-order valence-corrected chi connectivity index (χ4v) is 1.88. The Morgan fingerprint density at radius 2 is 2.39 bits per heavy atom. The van der Waals surface area contributed by atoms with Crippen LogP contribution in [0, 0.1) is 0 Å². The van der Waals surface area contributed by atoms with E-state index >= 15 is 0 Å². The topological polar surface area (TPSA) is 73.6 Å². The molecule has 0 spiro atoms. The molecule has 1 aromatic rings. The fraction of sp³-hybridized carbons (Fsp3) is 0.462. The summed E-state index contributed by atoms with van der Waals surface area (Å²) in [6.45, 7) is 1.05. The van der Waals surface area contributed by atoms with Crippen molar-refractivity contribution in [2.45, 2.75) is 25.4 Å². The number of nitrogen functional groups attached to an aromatic ring is 1. The van der Waals surface area contributed by atoms with Crippen LogP contribution in [0.15, 0.2) is 24.3 Å². The Morgan fingerprint density at radius 1 is 1.50 bits per heavy atom. The molecule has 1 aliphatic heterocycles. The van der Waals surface area contributed by atoms with Crippen LogP contribution in [0.5, 0.6) is 0 Å². The lowest BCUT2D eigenvalue weighted by atomic mass is 10.1. The van der Waals surface area contributed by atoms with Crippen LogP contribution in [0.2, 0.25) is 0 Å². The number of nitrogens with one attached hydrogen (secondary N) is 1. The summed E-state index contributed by atoms with van der Waals surface area (Å²) >= 11 is 0. The average molecular weight is 250 g/mol. The number of hydrogen-bond acceptors (Lipinski definition) is 4. The lowest BCUT2D eigenvalue weighted by molar-refractivity contribution is -0.0203. The first-order chi connectivity index (χ1) is 8.74. The summed E-state index contributed by atoms with van der Waals surface area (Å²) < 4.78 is 10.6. The number of benzene rings is 1. The van der Waals surface area contributed by atoms with Gasteiger partial charge in [0.15, 0.2) is 0 Å². The van der Waals surface area contributed by atoms with Crippen LogP contribution in [0.25, 0.3) is 0 Å². The van der Waals surface area contributed by atoms with Gasteiger partial charge in [-0.05, 0) is 37.5 Å². The van der Waals surface area contributed by atoms with E-state index < -0.39 is 6.09 Å². The van der Waals surface area contributed by atoms with Gasteiger partial charge in [0.1, 0.15) is 6.61 Å². The lowest BCUT2D eigenvalue weighted by Crippen LogP contribution is -2.27. The minimum absolute atomic E-state index is 0.0327. The molecular weight excluding hydrogens is 232 g/mol. The highest BCUT2D eigenvalue weighted by molar-refractivity contribution is 5.85. The van der Waals surface area contributed by atoms with Gasteiger partial charge < -0.3 is 15.2 Å². The number of carbonyl (C=O) groups excluding carboxylic acids is 1. The van der Waals surface area contributed by atoms with Gasteiger partial charge in [0.2, 0.25) is 0 Å². The lowest BCUT2D eigenvalue weighted by Gasteiger charge is -2.22. The molecule has 1 aromatic carbocycles. The Balaban J connectivity index is 1.74. The molecule has 0 aromatic heterocycles. The molecule has 1 unspecified atom stereocenters. The van der Waals surface area contributed by atoms with Gasteiger partial charge >= 0.3 is 6.09 Å². The van der Waals surface area contributed by atoms with E-state index in [1.54, 1.807) is 24.3 Å². The van der Waals surface area contributed by atoms with Crippen molar-refractivity contribution in [3.63, 3.8) is 0 Å². The second kappa shape index (κ2) is 6.26. The van der Waals surface area contributed by atoms with Crippen LogP contribution in [-0.4, -0.2) is 25.4 Å². The molecule has 2 rings (SSSR count). The van der Waals surface area contributed by atoms with Gasteiger partial charge in [-0.1, -0.05) is 6.07 Å². The van der Waals surface area contributed by atoms with Gasteiger partial charge in [0.05, 0.1) is 6.10 Å². The Bertz CT molecular complexity index is 403. The van der Waals surface area contributed by atoms with E-state index in [2.05, 4.69) is 5.32 Å². The van der Waals surface area contributed by atoms with Gasteiger partial charge in [-0.3, -0.25) is 5.32 Å². The minimum Gasteiger partial charge on any atom is -0.447 e. The Labute approximate surface area is 106 Å². The smallest absolute Gasteiger partial charge is 0.411 e. The van der Waals surface area contributed by atoms with Crippen molar-refractivity contribution < 1.29 is 14.3 Å². The molecule has 1 saturated heterocycles. The van der Waals surface area contributed by atoms with Crippen LogP contribution in [-0.2, 0) is 9.47 Å². The standard InChI is InChI=1S/C13H18N2O3/c14-10-4-3-5-11(8-10)15-13(16)18-9-12-6-1-2-7-17-12/h3-5,8,12H,1-2,6-7,9,14H2,(H,15,16). The molecule has 0 bridgehead atoms. The Kier molecular flexibility index (Phi) is 4.41. The molecule has 0 aliphatic carbocycles. The molecule has 1 atom stereocenters. The van der Waals surface area contributed by atoms with Crippen molar-refractivity contribution in [2.24, 2.45) is 0 Å². The number of nitrogens with two attached hydrogens (primary N) is 1. The summed E-state index contributed by atoms with van der Waals surface area (Å²) in [4.78, 5) is 11.5. The molecule has 1 amide bonds. The predicted molar refractivity (Wildman–Crippen MR) is 69.4 cm³/mol. The Morgan fingerprint density at radius 3 is 3.11 bits per heavy atom. The van der Waals surface area contributed by atoms with Crippen molar-refractivity contribution >= 4 is 17.5 Å². The Hall–Kier alpha value is -1.75. The van der Waals surface area contributed by atoms with Crippen LogP contribution in [0.4, 0.5) is 16.2 Å². The quantitative estimate of drug-likeness (QED) is 0.808. The van der Waals surface area contributed by atoms with E-state index in [-0.39, 0.29) is 6.10 Å². The summed E-state index contributed by atoms with van der Waals surface area (Å²) in [5.74, 6) is 0. The van der Waals surface area contributed by atoms with Gasteiger partial charge in [0.25, 0.3) is 0 Å². The van der Waals surface area contributed by atoms with E-state index in [0.29, 0.717) is 18.0 Å². The van der Waals surface area contributed by atoms with E-state index in [9.17, 15) is 4.79 Å². The third-order valence-corrected chi connectivity index (χ3v) is 2.81. The molecule has 0 saturated carbocycles. The number of amides is 1. The van der Waals surface area contributed by atoms with Gasteiger partial charge in [0, 0.05) is 18.0 Å². The van der Waals surface area contributed by atoms with Crippen molar-refractivity contribution in [3.8, 4) is 0 Å². The summed E-state index contributed by atoms with van der Waals surface area (Å²) in [6, 6.07) is 6.97. The number of ether oxygens (including phenoxy) is 2. The molecule has 5 heteroatoms. The fourth-order valence-electron chi connectivity index (χ4n) is 1.88. The van der Waals surface area contributed by atoms with E-state index in [4.69, 9.17) is 15.2 Å². The van der Waals surface area contributed by atoms with Crippen LogP contribution in [0.3, 0.4) is 0 Å². The summed E-state index contributed by atoms with van der Waals surface area (Å²) in [5, 5.41) is 2.63. The highest BCUT2D eigenvalue weighted by Gasteiger charge is 2.15. The van der Waals surface area contributed by atoms with Crippen LogP contribution >= 0.6 is 0 Å². The van der Waals surface area contributed by atoms with Crippen LogP contribution in [0.1, 0.15) is 19.3 Å². The molecule has 1 fully saturated rings. The molecule has 0 radical (unpaired) electrons. The third kappa shape index (κ3) is 3.92. The third-order valence-electron chi connectivity index (χ3n) is 2.81. The highest BCUT2D eigenvalue weighted by atomic mass is 16.6. The SMILES string of the molecule is Nc1cccc(NC(=O)OCC2CCCCO2)c1. The first-order valence-electron chi connectivity index (χ1n) is 6.15. The predicted octanol–water partition coefficient (Wildman–Crippen LogP) is 2.39. The molecule has 18 heavy (non-hydrogen) atoms. The van der Waals surface area contributed by atoms with E-state index in [1.807, 2.05) is 0 Å². The number of hydrogen-bond donors (Lipinski definition) is 2. The number of carbonyl (C=O) groups is 1. The number of rotatable bonds is 3. The second-order valence-corrected chi connectivity index (χ2v) is 4.34. The highest BCUT2D eigenvalue weighted by Crippen LogP contribution is 2.14. The first-order valence-corrected chi connectivity index (χ1v) is 6.15. The second-order valence-electron chi connectivity index (χ2n) is 4.34. The summed E-state index contributed by atoms with van der Waals surface area (Å²) in [5.41, 5.74) is 6.84. The summed E-state index contributed by atoms with van der Waals surface area (Å²) in [7, 11) is 0. The van der Waals surface area contributed by atoms with Gasteiger partial charge in [-0.25, -0.2) is 4.79 Å². The average Bonchev–Trinajstić information content (AvgIpc) is 2.38. The molecule has 5 nitrogen and oxygen atoms in total. The maximum atomic E-state index is 11.5. The zero-order valence-corrected chi connectivity index (χ0v) is 10.2. The molecule has 98 valence electrons. The van der Waals surface area contributed by atoms with Crippen molar-refractivity contribution in [1.82, 2.24) is 0 Å². The zero-order valence-electron chi connectivity index (χ0n) is 10.2. The van der Waals surface area contributed by atoms with E-state index in [1.165, 1.54) is 0 Å². The van der Waals surface area contributed by atoms with Gasteiger partial charge in [-0.2, -0.15) is 0 Å². The van der Waals surface area contributed by atoms with Crippen molar-refractivity contribution in [1.29, 1.82) is 0 Å². The van der Waals surface area contributed by atoms with Crippen molar-refractivity contribution in [3.05, 3.63) is 24.3 Å². The van der Waals surface area contributed by atoms with Crippen molar-refractivity contribution in [2.75, 3.05) is 24.3 Å². The van der Waals surface area contributed by atoms with Gasteiger partial charge in [-0.15, -0.1) is 0 Å². The maximum Gasteiger partial charge on any atom is 0.411 e. The largest absolute Gasteiger partial charge is 0.447 e. The summed E-state index contributed by atoms with van der Waals surface area (Å²) in [6.07, 6.45) is 2.72.